The molecule has 0 bridgehead atoms. The molecule has 0 aromatic heterocycles. The molecule has 0 saturated carbocycles. The van der Waals surface area contributed by atoms with Gasteiger partial charge in [0.25, 0.3) is 0 Å². The summed E-state index contributed by atoms with van der Waals surface area (Å²) in [7, 11) is 2.17. The van der Waals surface area contributed by atoms with Crippen molar-refractivity contribution in [1.29, 1.82) is 0 Å². The van der Waals surface area contributed by atoms with E-state index in [0.29, 0.717) is 6.04 Å². The largest absolute Gasteiger partial charge is 0.504 e. The van der Waals surface area contributed by atoms with Crippen LogP contribution in [0.1, 0.15) is 30.9 Å². The highest BCUT2D eigenvalue weighted by molar-refractivity contribution is 5.46. The zero-order chi connectivity index (χ0) is 12.4. The van der Waals surface area contributed by atoms with Crippen LogP contribution in [0.3, 0.4) is 0 Å². The first-order chi connectivity index (χ1) is 8.11. The van der Waals surface area contributed by atoms with E-state index < -0.39 is 0 Å². The number of aromatic hydroxyl groups is 2. The zero-order valence-corrected chi connectivity index (χ0v) is 10.6. The van der Waals surface area contributed by atoms with Crippen molar-refractivity contribution in [1.82, 2.24) is 4.90 Å². The topological polar surface area (TPSA) is 43.7 Å². The first-order valence-electron chi connectivity index (χ1n) is 6.35. The van der Waals surface area contributed by atoms with Crippen molar-refractivity contribution < 1.29 is 10.2 Å². The molecule has 17 heavy (non-hydrogen) atoms. The molecule has 0 fully saturated rings. The fourth-order valence-electron chi connectivity index (χ4n) is 2.68. The zero-order valence-electron chi connectivity index (χ0n) is 10.6. The second-order valence-corrected chi connectivity index (χ2v) is 4.99. The van der Waals surface area contributed by atoms with Crippen molar-refractivity contribution in [2.24, 2.45) is 0 Å². The number of hydrogen-bond acceptors (Lipinski definition) is 3. The monoisotopic (exact) mass is 235 g/mol. The summed E-state index contributed by atoms with van der Waals surface area (Å²) < 4.78 is 0. The lowest BCUT2D eigenvalue weighted by Gasteiger charge is -2.32. The highest BCUT2D eigenvalue weighted by Gasteiger charge is 2.22. The van der Waals surface area contributed by atoms with Gasteiger partial charge in [0.2, 0.25) is 0 Å². The van der Waals surface area contributed by atoms with E-state index in [1.165, 1.54) is 17.5 Å². The maximum Gasteiger partial charge on any atom is 0.157 e. The van der Waals surface area contributed by atoms with Crippen LogP contribution in [0.5, 0.6) is 11.5 Å². The average molecular weight is 235 g/mol. The maximum absolute atomic E-state index is 9.54. The predicted octanol–water partition coefficient (Wildman–Crippen LogP) is 2.30. The predicted molar refractivity (Wildman–Crippen MR) is 68.5 cm³/mol. The standard InChI is InChI=1S/C14H21NO2/c1-3-6-15(2)12-5-4-10-8-13(16)14(17)9-11(10)7-12/h8-9,12,16-17H,3-7H2,1-2H3. The molecular formula is C14H21NO2. The normalized spacial score (nSPS) is 19.4. The Hall–Kier alpha value is -1.22. The van der Waals surface area contributed by atoms with Crippen LogP contribution in [-0.2, 0) is 12.8 Å². The lowest BCUT2D eigenvalue weighted by atomic mass is 9.87. The SMILES string of the molecule is CCCN(C)C1CCc2cc(O)c(O)cc2C1. The first-order valence-corrected chi connectivity index (χ1v) is 6.35. The van der Waals surface area contributed by atoms with Gasteiger partial charge in [-0.25, -0.2) is 0 Å². The fraction of sp³-hybridized carbons (Fsp3) is 0.571. The summed E-state index contributed by atoms with van der Waals surface area (Å²) in [6.07, 6.45) is 4.26. The van der Waals surface area contributed by atoms with Gasteiger partial charge in [-0.2, -0.15) is 0 Å². The molecule has 0 heterocycles. The molecule has 0 saturated heterocycles. The molecule has 1 aliphatic rings. The molecule has 3 heteroatoms. The van der Waals surface area contributed by atoms with Crippen molar-refractivity contribution in [3.05, 3.63) is 23.3 Å². The first kappa shape index (κ1) is 12.2. The van der Waals surface area contributed by atoms with Crippen molar-refractivity contribution in [2.45, 2.75) is 38.6 Å². The summed E-state index contributed by atoms with van der Waals surface area (Å²) >= 11 is 0. The van der Waals surface area contributed by atoms with E-state index in [0.717, 1.165) is 25.8 Å². The molecule has 2 rings (SSSR count). The van der Waals surface area contributed by atoms with E-state index in [1.54, 1.807) is 12.1 Å². The van der Waals surface area contributed by atoms with Gasteiger partial charge >= 0.3 is 0 Å². The second kappa shape index (κ2) is 4.96. The minimum atomic E-state index is 0.00236. The Morgan fingerprint density at radius 1 is 1.24 bits per heavy atom. The van der Waals surface area contributed by atoms with E-state index in [2.05, 4.69) is 18.9 Å². The van der Waals surface area contributed by atoms with Crippen molar-refractivity contribution in [2.75, 3.05) is 13.6 Å². The van der Waals surface area contributed by atoms with Crippen LogP contribution in [0, 0.1) is 0 Å². The molecule has 0 amide bonds. The smallest absolute Gasteiger partial charge is 0.157 e. The number of aryl methyl sites for hydroxylation is 1. The Morgan fingerprint density at radius 2 is 1.88 bits per heavy atom. The molecule has 1 atom stereocenters. The molecule has 1 aliphatic carbocycles. The molecule has 3 nitrogen and oxygen atoms in total. The third-order valence-electron chi connectivity index (χ3n) is 3.70. The molecule has 1 aromatic carbocycles. The van der Waals surface area contributed by atoms with E-state index >= 15 is 0 Å². The number of rotatable bonds is 3. The Kier molecular flexibility index (Phi) is 3.57. The van der Waals surface area contributed by atoms with Gasteiger partial charge in [0.15, 0.2) is 11.5 Å². The summed E-state index contributed by atoms with van der Waals surface area (Å²) in [5.41, 5.74) is 2.36. The number of benzene rings is 1. The quantitative estimate of drug-likeness (QED) is 0.790. The Balaban J connectivity index is 2.15. The number of phenolic OH excluding ortho intramolecular Hbond substituents is 2. The summed E-state index contributed by atoms with van der Waals surface area (Å²) in [5.74, 6) is 0.00616. The third-order valence-corrected chi connectivity index (χ3v) is 3.70. The number of phenols is 2. The number of nitrogens with zero attached hydrogens (tertiary/aromatic N) is 1. The average Bonchev–Trinajstić information content (AvgIpc) is 2.30. The van der Waals surface area contributed by atoms with E-state index in [4.69, 9.17) is 0 Å². The minimum absolute atomic E-state index is 0.00236. The molecule has 1 unspecified atom stereocenters. The van der Waals surface area contributed by atoms with Crippen LogP contribution < -0.4 is 0 Å². The Bertz CT molecular complexity index is 403. The van der Waals surface area contributed by atoms with Crippen molar-refractivity contribution >= 4 is 0 Å². The molecule has 0 spiro atoms. The van der Waals surface area contributed by atoms with Gasteiger partial charge < -0.3 is 15.1 Å². The van der Waals surface area contributed by atoms with Crippen LogP contribution in [0.4, 0.5) is 0 Å². The van der Waals surface area contributed by atoms with Crippen LogP contribution in [-0.4, -0.2) is 34.7 Å². The Labute approximate surface area is 103 Å². The Morgan fingerprint density at radius 3 is 2.53 bits per heavy atom. The van der Waals surface area contributed by atoms with Gasteiger partial charge in [-0.05, 0) is 62.5 Å². The van der Waals surface area contributed by atoms with Crippen LogP contribution in [0.25, 0.3) is 0 Å². The van der Waals surface area contributed by atoms with E-state index in [9.17, 15) is 10.2 Å². The molecular weight excluding hydrogens is 214 g/mol. The lowest BCUT2D eigenvalue weighted by molar-refractivity contribution is 0.222. The molecule has 1 aromatic rings. The number of likely N-dealkylation sites (N-methyl/N-ethyl adjacent to an activating group) is 1. The maximum atomic E-state index is 9.54. The van der Waals surface area contributed by atoms with Crippen molar-refractivity contribution in [3.63, 3.8) is 0 Å². The minimum Gasteiger partial charge on any atom is -0.504 e. The summed E-state index contributed by atoms with van der Waals surface area (Å²) in [4.78, 5) is 2.40. The van der Waals surface area contributed by atoms with Gasteiger partial charge in [-0.3, -0.25) is 0 Å². The second-order valence-electron chi connectivity index (χ2n) is 4.99. The van der Waals surface area contributed by atoms with Crippen molar-refractivity contribution in [3.8, 4) is 11.5 Å². The van der Waals surface area contributed by atoms with Crippen LogP contribution >= 0.6 is 0 Å². The third kappa shape index (κ3) is 2.55. The summed E-state index contributed by atoms with van der Waals surface area (Å²) in [6, 6.07) is 3.99. The van der Waals surface area contributed by atoms with E-state index in [-0.39, 0.29) is 11.5 Å². The lowest BCUT2D eigenvalue weighted by Crippen LogP contribution is -2.36. The van der Waals surface area contributed by atoms with Gasteiger partial charge in [0.05, 0.1) is 0 Å². The summed E-state index contributed by atoms with van der Waals surface area (Å²) in [6.45, 7) is 3.31. The van der Waals surface area contributed by atoms with Gasteiger partial charge in [0.1, 0.15) is 0 Å². The summed E-state index contributed by atoms with van der Waals surface area (Å²) in [5, 5.41) is 19.0. The van der Waals surface area contributed by atoms with Gasteiger partial charge in [0, 0.05) is 6.04 Å². The van der Waals surface area contributed by atoms with E-state index in [1.807, 2.05) is 0 Å². The highest BCUT2D eigenvalue weighted by Crippen LogP contribution is 2.33. The van der Waals surface area contributed by atoms with Crippen LogP contribution in [0.15, 0.2) is 12.1 Å². The van der Waals surface area contributed by atoms with Gasteiger partial charge in [-0.1, -0.05) is 6.92 Å². The molecule has 0 radical (unpaired) electrons. The van der Waals surface area contributed by atoms with Crippen LogP contribution in [0.2, 0.25) is 0 Å². The molecule has 94 valence electrons. The number of fused-ring (bicyclic) bond motifs is 1. The molecule has 2 N–H and O–H groups in total. The number of hydrogen-bond donors (Lipinski definition) is 2. The molecule has 0 aliphatic heterocycles. The van der Waals surface area contributed by atoms with Gasteiger partial charge in [-0.15, -0.1) is 0 Å². The highest BCUT2D eigenvalue weighted by atomic mass is 16.3. The fourth-order valence-corrected chi connectivity index (χ4v) is 2.68.